The molecule has 0 N–H and O–H groups in total. The van der Waals surface area contributed by atoms with E-state index in [2.05, 4.69) is 4.98 Å². The second-order valence-corrected chi connectivity index (χ2v) is 8.94. The molecule has 0 fully saturated rings. The van der Waals surface area contributed by atoms with Gasteiger partial charge in [-0.15, -0.1) is 0 Å². The second-order valence-electron chi connectivity index (χ2n) is 6.92. The first-order chi connectivity index (χ1) is 14.1. The Morgan fingerprint density at radius 2 is 1.60 bits per heavy atom. The second kappa shape index (κ2) is 7.28. The van der Waals surface area contributed by atoms with Crippen molar-refractivity contribution in [1.29, 1.82) is 0 Å². The Morgan fingerprint density at radius 3 is 2.20 bits per heavy atom. The van der Waals surface area contributed by atoms with E-state index >= 15 is 0 Å². The number of fused-ring (bicyclic) bond motifs is 1. The largest absolute Gasteiger partial charge is 0.456 e. The highest BCUT2D eigenvalue weighted by Crippen LogP contribution is 2.39. The summed E-state index contributed by atoms with van der Waals surface area (Å²) in [7, 11) is -3.36. The average Bonchev–Trinajstić information content (AvgIpc) is 2.72. The zero-order valence-electron chi connectivity index (χ0n) is 15.8. The quantitative estimate of drug-likeness (QED) is 0.585. The molecule has 2 aromatic carbocycles. The predicted octanol–water partition coefficient (Wildman–Crippen LogP) is 5.01. The van der Waals surface area contributed by atoms with Gasteiger partial charge in [0.05, 0.1) is 4.90 Å². The first-order valence-electron chi connectivity index (χ1n) is 8.96. The number of hydrogen-bond acceptors (Lipinski definition) is 4. The maximum absolute atomic E-state index is 12.9. The monoisotopic (exact) mass is 431 g/mol. The molecule has 4 nitrogen and oxygen atoms in total. The van der Waals surface area contributed by atoms with Crippen molar-refractivity contribution in [3.8, 4) is 5.75 Å². The van der Waals surface area contributed by atoms with E-state index in [4.69, 9.17) is 4.74 Å². The van der Waals surface area contributed by atoms with Gasteiger partial charge < -0.3 is 4.74 Å². The van der Waals surface area contributed by atoms with Crippen LogP contribution in [-0.4, -0.2) is 19.7 Å². The number of allylic oxidation sites excluding steroid dienone is 1. The van der Waals surface area contributed by atoms with E-state index in [0.717, 1.165) is 17.9 Å². The van der Waals surface area contributed by atoms with Crippen molar-refractivity contribution in [2.24, 2.45) is 0 Å². The van der Waals surface area contributed by atoms with Crippen molar-refractivity contribution < 1.29 is 26.3 Å². The Balaban J connectivity index is 1.82. The Morgan fingerprint density at radius 1 is 0.933 bits per heavy atom. The van der Waals surface area contributed by atoms with Gasteiger partial charge in [-0.05, 0) is 42.0 Å². The van der Waals surface area contributed by atoms with Gasteiger partial charge in [0.1, 0.15) is 17.2 Å². The highest BCUT2D eigenvalue weighted by Gasteiger charge is 2.32. The minimum absolute atomic E-state index is 0.167. The van der Waals surface area contributed by atoms with Crippen LogP contribution in [0.2, 0.25) is 0 Å². The molecule has 0 amide bonds. The van der Waals surface area contributed by atoms with Crippen LogP contribution in [0.5, 0.6) is 5.75 Å². The molecule has 0 aliphatic carbocycles. The molecule has 0 spiro atoms. The lowest BCUT2D eigenvalue weighted by Gasteiger charge is -2.24. The van der Waals surface area contributed by atoms with Crippen molar-refractivity contribution in [1.82, 2.24) is 4.98 Å². The van der Waals surface area contributed by atoms with Gasteiger partial charge in [0.2, 0.25) is 0 Å². The van der Waals surface area contributed by atoms with Crippen LogP contribution in [0.15, 0.2) is 71.8 Å². The molecule has 2 heterocycles. The Hall–Kier alpha value is -3.13. The summed E-state index contributed by atoms with van der Waals surface area (Å²) in [5.41, 5.74) is 1.71. The van der Waals surface area contributed by atoms with Gasteiger partial charge >= 0.3 is 6.18 Å². The molecule has 4 rings (SSSR count). The molecule has 0 saturated heterocycles. The van der Waals surface area contributed by atoms with Gasteiger partial charge in [0, 0.05) is 35.6 Å². The number of nitrogens with zero attached hydrogens (tertiary/aromatic N) is 1. The molecule has 30 heavy (non-hydrogen) atoms. The topological polar surface area (TPSA) is 56.3 Å². The van der Waals surface area contributed by atoms with Gasteiger partial charge in [-0.1, -0.05) is 24.3 Å². The minimum atomic E-state index is -4.52. The van der Waals surface area contributed by atoms with E-state index in [1.165, 1.54) is 24.4 Å². The van der Waals surface area contributed by atoms with Gasteiger partial charge in [-0.3, -0.25) is 4.98 Å². The number of ether oxygens (including phenoxy) is 1. The van der Waals surface area contributed by atoms with Gasteiger partial charge in [-0.25, -0.2) is 8.42 Å². The summed E-state index contributed by atoms with van der Waals surface area (Å²) in [6.45, 7) is 0. The predicted molar refractivity (Wildman–Crippen MR) is 106 cm³/mol. The van der Waals surface area contributed by atoms with E-state index in [1.54, 1.807) is 12.1 Å². The highest BCUT2D eigenvalue weighted by atomic mass is 32.2. The third kappa shape index (κ3) is 3.95. The molecule has 0 saturated carbocycles. The zero-order valence-corrected chi connectivity index (χ0v) is 16.6. The van der Waals surface area contributed by atoms with Crippen LogP contribution in [0.25, 0.3) is 11.3 Å². The smallest absolute Gasteiger partial charge is 0.433 e. The number of sulfone groups is 1. The first-order valence-corrected chi connectivity index (χ1v) is 10.8. The Bertz CT molecular complexity index is 1230. The van der Waals surface area contributed by atoms with Crippen molar-refractivity contribution in [2.75, 3.05) is 6.26 Å². The van der Waals surface area contributed by atoms with E-state index in [9.17, 15) is 21.6 Å². The van der Waals surface area contributed by atoms with Crippen molar-refractivity contribution in [2.45, 2.75) is 17.5 Å². The van der Waals surface area contributed by atoms with E-state index < -0.39 is 21.7 Å². The van der Waals surface area contributed by atoms with Gasteiger partial charge in [0.15, 0.2) is 9.84 Å². The molecule has 0 bridgehead atoms. The van der Waals surface area contributed by atoms with Crippen LogP contribution in [0.3, 0.4) is 0 Å². The third-order valence-electron chi connectivity index (χ3n) is 4.77. The molecule has 1 aliphatic rings. The molecule has 3 aromatic rings. The molecule has 0 radical (unpaired) electrons. The molecule has 0 atom stereocenters. The van der Waals surface area contributed by atoms with Crippen molar-refractivity contribution >= 4 is 21.2 Å². The number of aromatic nitrogens is 1. The van der Waals surface area contributed by atoms with Crippen LogP contribution >= 0.6 is 0 Å². The molecule has 1 aromatic heterocycles. The fourth-order valence-corrected chi connectivity index (χ4v) is 3.88. The maximum Gasteiger partial charge on any atom is 0.433 e. The Labute approximate surface area is 171 Å². The Kier molecular flexibility index (Phi) is 4.89. The van der Waals surface area contributed by atoms with E-state index in [0.29, 0.717) is 34.6 Å². The van der Waals surface area contributed by atoms with Crippen LogP contribution in [0.4, 0.5) is 13.2 Å². The lowest BCUT2D eigenvalue weighted by molar-refractivity contribution is -0.141. The SMILES string of the molecule is CS(=O)(=O)c1ccc(C2=C(c3ccc(C(F)(F)F)nc3)Cc3ccccc3O2)cc1. The number of pyridine rings is 1. The van der Waals surface area contributed by atoms with Crippen molar-refractivity contribution in [3.05, 3.63) is 89.2 Å². The van der Waals surface area contributed by atoms with E-state index in [-0.39, 0.29) is 4.90 Å². The summed E-state index contributed by atoms with van der Waals surface area (Å²) in [4.78, 5) is 3.73. The van der Waals surface area contributed by atoms with Crippen LogP contribution in [0, 0.1) is 0 Å². The minimum Gasteiger partial charge on any atom is -0.456 e. The average molecular weight is 431 g/mol. The summed E-state index contributed by atoms with van der Waals surface area (Å²) in [6.07, 6.45) is -1.78. The van der Waals surface area contributed by atoms with Crippen LogP contribution in [0.1, 0.15) is 22.4 Å². The molecule has 8 heteroatoms. The summed E-state index contributed by atoms with van der Waals surface area (Å²) in [6, 6.07) is 15.9. The molecule has 1 aliphatic heterocycles. The number of halogens is 3. The van der Waals surface area contributed by atoms with E-state index in [1.807, 2.05) is 24.3 Å². The third-order valence-corrected chi connectivity index (χ3v) is 5.90. The molecule has 154 valence electrons. The lowest BCUT2D eigenvalue weighted by Crippen LogP contribution is -2.11. The number of benzene rings is 2. The zero-order chi connectivity index (χ0) is 21.5. The number of alkyl halides is 3. The van der Waals surface area contributed by atoms with Gasteiger partial charge in [-0.2, -0.15) is 13.2 Å². The van der Waals surface area contributed by atoms with Crippen LogP contribution < -0.4 is 4.74 Å². The normalized spacial score (nSPS) is 14.3. The molecular weight excluding hydrogens is 415 g/mol. The highest BCUT2D eigenvalue weighted by molar-refractivity contribution is 7.90. The van der Waals surface area contributed by atoms with Crippen molar-refractivity contribution in [3.63, 3.8) is 0 Å². The summed E-state index contributed by atoms with van der Waals surface area (Å²) in [5.74, 6) is 1.10. The van der Waals surface area contributed by atoms with Crippen LogP contribution in [-0.2, 0) is 22.4 Å². The van der Waals surface area contributed by atoms with Gasteiger partial charge in [0.25, 0.3) is 0 Å². The number of para-hydroxylation sites is 1. The standard InChI is InChI=1S/C22H16F3NO3S/c1-30(27,28)17-9-6-14(7-10-17)21-18(12-15-4-2-3-5-19(15)29-21)16-8-11-20(26-13-16)22(23,24)25/h2-11,13H,12H2,1H3. The number of hydrogen-bond donors (Lipinski definition) is 0. The maximum atomic E-state index is 12.9. The molecular formula is C22H16F3NO3S. The fraction of sp³-hybridized carbons (Fsp3) is 0.136. The number of rotatable bonds is 3. The summed E-state index contributed by atoms with van der Waals surface area (Å²) >= 11 is 0. The molecule has 0 unspecified atom stereocenters. The fourth-order valence-electron chi connectivity index (χ4n) is 3.25. The first kappa shape index (κ1) is 20.2. The lowest BCUT2D eigenvalue weighted by atomic mass is 9.93. The summed E-state index contributed by atoms with van der Waals surface area (Å²) < 4.78 is 68.2. The summed E-state index contributed by atoms with van der Waals surface area (Å²) in [5, 5.41) is 0.